The first kappa shape index (κ1) is 20.5. The Balaban J connectivity index is 2.28. The van der Waals surface area contributed by atoms with E-state index in [0.717, 1.165) is 30.7 Å². The van der Waals surface area contributed by atoms with Crippen LogP contribution in [0.1, 0.15) is 50.7 Å². The van der Waals surface area contributed by atoms with Crippen LogP contribution >= 0.6 is 0 Å². The number of guanidine groups is 1. The van der Waals surface area contributed by atoms with Crippen molar-refractivity contribution in [3.63, 3.8) is 0 Å². The van der Waals surface area contributed by atoms with E-state index >= 15 is 0 Å². The molecule has 0 aliphatic rings. The van der Waals surface area contributed by atoms with Crippen molar-refractivity contribution in [1.29, 1.82) is 0 Å². The summed E-state index contributed by atoms with van der Waals surface area (Å²) in [6.07, 6.45) is 4.90. The molecule has 136 valence electrons. The number of unbranched alkanes of at least 4 members (excludes halogenated alkanes) is 3. The third kappa shape index (κ3) is 10.2. The average Bonchev–Trinajstić information content (AvgIpc) is 2.60. The van der Waals surface area contributed by atoms with E-state index < -0.39 is 0 Å². The summed E-state index contributed by atoms with van der Waals surface area (Å²) in [6, 6.07) is 8.25. The summed E-state index contributed by atoms with van der Waals surface area (Å²) in [4.78, 5) is 4.40. The van der Waals surface area contributed by atoms with E-state index in [4.69, 9.17) is 15.2 Å². The number of nitrogens with zero attached hydrogens (tertiary/aromatic N) is 1. The fourth-order valence-electron chi connectivity index (χ4n) is 2.27. The number of nitrogens with two attached hydrogens (primary N) is 1. The Morgan fingerprint density at radius 3 is 2.67 bits per heavy atom. The second-order valence-corrected chi connectivity index (χ2v) is 5.76. The molecule has 0 amide bonds. The highest BCUT2D eigenvalue weighted by atomic mass is 16.5. The Morgan fingerprint density at radius 1 is 1.08 bits per heavy atom. The van der Waals surface area contributed by atoms with Gasteiger partial charge in [0.2, 0.25) is 0 Å². The summed E-state index contributed by atoms with van der Waals surface area (Å²) in [5.74, 6) is 0.518. The zero-order valence-corrected chi connectivity index (χ0v) is 15.2. The summed E-state index contributed by atoms with van der Waals surface area (Å²) >= 11 is 0. The molecule has 0 saturated carbocycles. The number of hydrogen-bond acceptors (Lipinski definition) is 3. The smallest absolute Gasteiger partial charge is 0.188 e. The molecule has 3 N–H and O–H groups in total. The van der Waals surface area contributed by atoms with Crippen molar-refractivity contribution in [3.05, 3.63) is 35.4 Å². The monoisotopic (exact) mass is 335 g/mol. The Labute approximate surface area is 146 Å². The van der Waals surface area contributed by atoms with Gasteiger partial charge in [0.05, 0.1) is 26.4 Å². The van der Waals surface area contributed by atoms with E-state index in [1.807, 2.05) is 13.0 Å². The highest BCUT2D eigenvalue weighted by Gasteiger charge is 1.98. The highest BCUT2D eigenvalue weighted by molar-refractivity contribution is 5.77. The lowest BCUT2D eigenvalue weighted by molar-refractivity contribution is 0.0453. The van der Waals surface area contributed by atoms with Gasteiger partial charge in [-0.1, -0.05) is 50.5 Å². The molecule has 0 bridgehead atoms. The summed E-state index contributed by atoms with van der Waals surface area (Å²) in [6.45, 7) is 8.24. The average molecular weight is 335 g/mol. The quantitative estimate of drug-likeness (QED) is 0.330. The molecule has 0 saturated heterocycles. The second kappa shape index (κ2) is 13.8. The Morgan fingerprint density at radius 2 is 1.88 bits per heavy atom. The van der Waals surface area contributed by atoms with Gasteiger partial charge in [-0.3, -0.25) is 0 Å². The fraction of sp³-hybridized carbons (Fsp3) is 0.632. The third-order valence-electron chi connectivity index (χ3n) is 3.60. The number of benzene rings is 1. The first-order valence-electron chi connectivity index (χ1n) is 9.03. The van der Waals surface area contributed by atoms with Gasteiger partial charge in [-0.15, -0.1) is 0 Å². The van der Waals surface area contributed by atoms with Crippen LogP contribution in [0.5, 0.6) is 0 Å². The maximum Gasteiger partial charge on any atom is 0.188 e. The number of rotatable bonds is 13. The summed E-state index contributed by atoms with van der Waals surface area (Å²) in [7, 11) is 0. The van der Waals surface area contributed by atoms with Crippen LogP contribution in [0.2, 0.25) is 0 Å². The number of aliphatic imine (C=N–C) groups is 1. The number of hydrogen-bond donors (Lipinski definition) is 2. The van der Waals surface area contributed by atoms with E-state index in [2.05, 4.69) is 35.4 Å². The molecule has 1 aromatic rings. The Bertz CT molecular complexity index is 464. The van der Waals surface area contributed by atoms with Crippen molar-refractivity contribution < 1.29 is 9.47 Å². The first-order valence-corrected chi connectivity index (χ1v) is 9.03. The number of ether oxygens (including phenoxy) is 2. The zero-order valence-electron chi connectivity index (χ0n) is 15.2. The zero-order chi connectivity index (χ0) is 17.5. The molecular formula is C19H33N3O2. The maximum absolute atomic E-state index is 5.90. The molecule has 1 aromatic carbocycles. The van der Waals surface area contributed by atoms with Crippen molar-refractivity contribution in [2.45, 2.75) is 52.7 Å². The molecular weight excluding hydrogens is 302 g/mol. The molecule has 1 rings (SSSR count). The molecule has 0 unspecified atom stereocenters. The SMILES string of the molecule is CCCCCCNC(N)=NCc1cccc(COCCOCC)c1. The molecule has 0 spiro atoms. The van der Waals surface area contributed by atoms with Crippen molar-refractivity contribution >= 4 is 5.96 Å². The van der Waals surface area contributed by atoms with Gasteiger partial charge in [0, 0.05) is 13.2 Å². The summed E-state index contributed by atoms with van der Waals surface area (Å²) in [5.41, 5.74) is 8.18. The van der Waals surface area contributed by atoms with Gasteiger partial charge in [-0.25, -0.2) is 4.99 Å². The van der Waals surface area contributed by atoms with Crippen LogP contribution < -0.4 is 11.1 Å². The minimum atomic E-state index is 0.518. The predicted molar refractivity (Wildman–Crippen MR) is 100 cm³/mol. The van der Waals surface area contributed by atoms with E-state index in [1.54, 1.807) is 0 Å². The van der Waals surface area contributed by atoms with Gasteiger partial charge in [0.1, 0.15) is 0 Å². The highest BCUT2D eigenvalue weighted by Crippen LogP contribution is 2.08. The van der Waals surface area contributed by atoms with Crippen LogP contribution in [0.15, 0.2) is 29.3 Å². The van der Waals surface area contributed by atoms with Gasteiger partial charge in [0.15, 0.2) is 5.96 Å². The topological polar surface area (TPSA) is 68.9 Å². The van der Waals surface area contributed by atoms with Crippen molar-refractivity contribution in [2.24, 2.45) is 10.7 Å². The Kier molecular flexibility index (Phi) is 11.8. The van der Waals surface area contributed by atoms with E-state index in [9.17, 15) is 0 Å². The van der Waals surface area contributed by atoms with Crippen molar-refractivity contribution in [2.75, 3.05) is 26.4 Å². The minimum Gasteiger partial charge on any atom is -0.379 e. The van der Waals surface area contributed by atoms with Crippen LogP contribution in [0.4, 0.5) is 0 Å². The van der Waals surface area contributed by atoms with Gasteiger partial charge < -0.3 is 20.5 Å². The van der Waals surface area contributed by atoms with E-state index in [1.165, 1.54) is 19.3 Å². The first-order chi connectivity index (χ1) is 11.8. The standard InChI is InChI=1S/C19H33N3O2/c1-3-5-6-7-11-21-19(20)22-15-17-9-8-10-18(14-17)16-24-13-12-23-4-2/h8-10,14H,3-7,11-13,15-16H2,1-2H3,(H3,20,21,22). The van der Waals surface area contributed by atoms with Gasteiger partial charge >= 0.3 is 0 Å². The van der Waals surface area contributed by atoms with Crippen LogP contribution in [0.3, 0.4) is 0 Å². The molecule has 0 aliphatic carbocycles. The summed E-state index contributed by atoms with van der Waals surface area (Å²) < 4.78 is 10.8. The van der Waals surface area contributed by atoms with Crippen LogP contribution in [-0.2, 0) is 22.6 Å². The molecule has 0 aromatic heterocycles. The van der Waals surface area contributed by atoms with Crippen molar-refractivity contribution in [3.8, 4) is 0 Å². The van der Waals surface area contributed by atoms with Gasteiger partial charge in [-0.2, -0.15) is 0 Å². The van der Waals surface area contributed by atoms with Gasteiger partial charge in [0.25, 0.3) is 0 Å². The second-order valence-electron chi connectivity index (χ2n) is 5.76. The van der Waals surface area contributed by atoms with Crippen LogP contribution in [-0.4, -0.2) is 32.3 Å². The van der Waals surface area contributed by atoms with E-state index in [-0.39, 0.29) is 0 Å². The van der Waals surface area contributed by atoms with Gasteiger partial charge in [-0.05, 0) is 24.5 Å². The minimum absolute atomic E-state index is 0.518. The lowest BCUT2D eigenvalue weighted by Gasteiger charge is -2.07. The molecule has 5 nitrogen and oxygen atoms in total. The lowest BCUT2D eigenvalue weighted by atomic mass is 10.1. The number of nitrogens with one attached hydrogen (secondary N) is 1. The molecule has 0 radical (unpaired) electrons. The Hall–Kier alpha value is -1.59. The lowest BCUT2D eigenvalue weighted by Crippen LogP contribution is -2.32. The van der Waals surface area contributed by atoms with Crippen LogP contribution in [0, 0.1) is 0 Å². The molecule has 0 fully saturated rings. The maximum atomic E-state index is 5.90. The van der Waals surface area contributed by atoms with E-state index in [0.29, 0.717) is 32.3 Å². The molecule has 0 atom stereocenters. The van der Waals surface area contributed by atoms with Crippen molar-refractivity contribution in [1.82, 2.24) is 5.32 Å². The molecule has 24 heavy (non-hydrogen) atoms. The fourth-order valence-corrected chi connectivity index (χ4v) is 2.27. The predicted octanol–water partition coefficient (Wildman–Crippen LogP) is 3.22. The normalized spacial score (nSPS) is 11.7. The largest absolute Gasteiger partial charge is 0.379 e. The molecule has 0 heterocycles. The van der Waals surface area contributed by atoms with Crippen LogP contribution in [0.25, 0.3) is 0 Å². The molecule has 0 aliphatic heterocycles. The summed E-state index contributed by atoms with van der Waals surface area (Å²) in [5, 5.41) is 3.17. The molecule has 5 heteroatoms. The third-order valence-corrected chi connectivity index (χ3v) is 3.60.